The highest BCUT2D eigenvalue weighted by Crippen LogP contribution is 2.23. The Bertz CT molecular complexity index is 455. The number of nitriles is 1. The van der Waals surface area contributed by atoms with Crippen LogP contribution in [0.2, 0.25) is 0 Å². The van der Waals surface area contributed by atoms with Crippen molar-refractivity contribution >= 4 is 16.9 Å². The van der Waals surface area contributed by atoms with E-state index in [1.54, 1.807) is 17.4 Å². The summed E-state index contributed by atoms with van der Waals surface area (Å²) in [5.74, 6) is 0. The Balaban J connectivity index is 2.94. The average Bonchev–Trinajstić information content (AvgIpc) is 2.65. The standard InChI is InChI=1S/C13H13NS/c1-4-12(6-5-10(2)7-14)13-9-15-8-11(13)3/h4-6,8-9H,2H2,1,3H3/b6-5-,12-4+. The van der Waals surface area contributed by atoms with Crippen molar-refractivity contribution in [1.82, 2.24) is 0 Å². The Morgan fingerprint density at radius 1 is 1.47 bits per heavy atom. The van der Waals surface area contributed by atoms with E-state index in [0.717, 1.165) is 5.57 Å². The Morgan fingerprint density at radius 2 is 2.20 bits per heavy atom. The van der Waals surface area contributed by atoms with E-state index in [0.29, 0.717) is 5.57 Å². The molecule has 15 heavy (non-hydrogen) atoms. The van der Waals surface area contributed by atoms with Gasteiger partial charge < -0.3 is 0 Å². The molecule has 0 amide bonds. The van der Waals surface area contributed by atoms with E-state index < -0.39 is 0 Å². The van der Waals surface area contributed by atoms with Gasteiger partial charge in [-0.25, -0.2) is 0 Å². The molecule has 0 atom stereocenters. The molecule has 0 aliphatic carbocycles. The Hall–Kier alpha value is -1.59. The van der Waals surface area contributed by atoms with E-state index in [-0.39, 0.29) is 0 Å². The molecule has 0 unspecified atom stereocenters. The van der Waals surface area contributed by atoms with Gasteiger partial charge in [0.15, 0.2) is 0 Å². The molecule has 1 nitrogen and oxygen atoms in total. The summed E-state index contributed by atoms with van der Waals surface area (Å²) in [6.07, 6.45) is 5.71. The van der Waals surface area contributed by atoms with Gasteiger partial charge in [0.05, 0.1) is 6.07 Å². The second-order valence-corrected chi connectivity index (χ2v) is 3.93. The molecule has 0 bridgehead atoms. The third-order valence-electron chi connectivity index (χ3n) is 2.09. The van der Waals surface area contributed by atoms with Crippen molar-refractivity contribution in [3.05, 3.63) is 52.3 Å². The molecule has 0 aliphatic rings. The summed E-state index contributed by atoms with van der Waals surface area (Å²) >= 11 is 1.69. The van der Waals surface area contributed by atoms with Crippen LogP contribution in [-0.2, 0) is 0 Å². The maximum atomic E-state index is 8.59. The molecule has 76 valence electrons. The summed E-state index contributed by atoms with van der Waals surface area (Å²) in [7, 11) is 0. The van der Waals surface area contributed by atoms with Gasteiger partial charge in [0.2, 0.25) is 0 Å². The number of hydrogen-bond acceptors (Lipinski definition) is 2. The molecule has 0 saturated heterocycles. The average molecular weight is 215 g/mol. The Morgan fingerprint density at radius 3 is 2.67 bits per heavy atom. The zero-order valence-corrected chi connectivity index (χ0v) is 9.77. The monoisotopic (exact) mass is 215 g/mol. The van der Waals surface area contributed by atoms with E-state index in [1.165, 1.54) is 11.1 Å². The fourth-order valence-corrected chi connectivity index (χ4v) is 2.08. The zero-order chi connectivity index (χ0) is 11.3. The van der Waals surface area contributed by atoms with Crippen LogP contribution in [0.1, 0.15) is 18.1 Å². The van der Waals surface area contributed by atoms with Crippen LogP contribution in [0.4, 0.5) is 0 Å². The quantitative estimate of drug-likeness (QED) is 0.550. The molecule has 1 aromatic rings. The summed E-state index contributed by atoms with van der Waals surface area (Å²) in [6.45, 7) is 7.69. The molecule has 0 radical (unpaired) electrons. The van der Waals surface area contributed by atoms with Gasteiger partial charge in [-0.15, -0.1) is 0 Å². The zero-order valence-electron chi connectivity index (χ0n) is 8.95. The highest BCUT2D eigenvalue weighted by molar-refractivity contribution is 7.08. The third-order valence-corrected chi connectivity index (χ3v) is 2.95. The second-order valence-electron chi connectivity index (χ2n) is 3.18. The molecule has 2 heteroatoms. The number of rotatable bonds is 3. The van der Waals surface area contributed by atoms with Gasteiger partial charge in [0.25, 0.3) is 0 Å². The van der Waals surface area contributed by atoms with Gasteiger partial charge in [-0.2, -0.15) is 16.6 Å². The van der Waals surface area contributed by atoms with Gasteiger partial charge in [-0.1, -0.05) is 18.7 Å². The summed E-state index contributed by atoms with van der Waals surface area (Å²) in [5.41, 5.74) is 4.09. The van der Waals surface area contributed by atoms with E-state index in [1.807, 2.05) is 25.1 Å². The molecular formula is C13H13NS. The van der Waals surface area contributed by atoms with Crippen molar-refractivity contribution in [2.45, 2.75) is 13.8 Å². The predicted molar refractivity (Wildman–Crippen MR) is 66.6 cm³/mol. The van der Waals surface area contributed by atoms with E-state index in [4.69, 9.17) is 5.26 Å². The van der Waals surface area contributed by atoms with Crippen LogP contribution in [0.3, 0.4) is 0 Å². The maximum absolute atomic E-state index is 8.59. The Kier molecular flexibility index (Phi) is 4.08. The molecular weight excluding hydrogens is 202 g/mol. The van der Waals surface area contributed by atoms with Crippen LogP contribution in [0, 0.1) is 18.3 Å². The van der Waals surface area contributed by atoms with Crippen LogP contribution in [-0.4, -0.2) is 0 Å². The number of nitrogens with zero attached hydrogens (tertiary/aromatic N) is 1. The van der Waals surface area contributed by atoms with Crippen LogP contribution >= 0.6 is 11.3 Å². The molecule has 0 spiro atoms. The number of hydrogen-bond donors (Lipinski definition) is 0. The molecule has 1 heterocycles. The van der Waals surface area contributed by atoms with Crippen molar-refractivity contribution in [1.29, 1.82) is 5.26 Å². The first-order chi connectivity index (χ1) is 7.19. The lowest BCUT2D eigenvalue weighted by Gasteiger charge is -1.99. The normalized spacial score (nSPS) is 11.7. The minimum absolute atomic E-state index is 0.474. The van der Waals surface area contributed by atoms with Crippen LogP contribution in [0.25, 0.3) is 5.57 Å². The molecule has 1 aromatic heterocycles. The van der Waals surface area contributed by atoms with Crippen LogP contribution in [0.15, 0.2) is 41.1 Å². The number of allylic oxidation sites excluding steroid dienone is 5. The smallest absolute Gasteiger partial charge is 0.0985 e. The van der Waals surface area contributed by atoms with Gasteiger partial charge in [0, 0.05) is 5.57 Å². The molecule has 0 aromatic carbocycles. The van der Waals surface area contributed by atoms with Crippen molar-refractivity contribution in [2.24, 2.45) is 0 Å². The fraction of sp³-hybridized carbons (Fsp3) is 0.154. The number of aryl methyl sites for hydroxylation is 1. The first-order valence-corrected chi connectivity index (χ1v) is 5.60. The van der Waals surface area contributed by atoms with Gasteiger partial charge in [-0.3, -0.25) is 0 Å². The van der Waals surface area contributed by atoms with Crippen LogP contribution < -0.4 is 0 Å². The second kappa shape index (κ2) is 5.33. The van der Waals surface area contributed by atoms with Crippen LogP contribution in [0.5, 0.6) is 0 Å². The van der Waals surface area contributed by atoms with Crippen molar-refractivity contribution < 1.29 is 0 Å². The first kappa shape index (κ1) is 11.5. The summed E-state index contributed by atoms with van der Waals surface area (Å²) in [5, 5.41) is 12.8. The highest BCUT2D eigenvalue weighted by Gasteiger charge is 2.01. The molecule has 0 N–H and O–H groups in total. The largest absolute Gasteiger partial charge is 0.192 e. The summed E-state index contributed by atoms with van der Waals surface area (Å²) < 4.78 is 0. The van der Waals surface area contributed by atoms with Gasteiger partial charge in [0.1, 0.15) is 0 Å². The topological polar surface area (TPSA) is 23.8 Å². The van der Waals surface area contributed by atoms with Gasteiger partial charge >= 0.3 is 0 Å². The highest BCUT2D eigenvalue weighted by atomic mass is 32.1. The first-order valence-electron chi connectivity index (χ1n) is 4.65. The maximum Gasteiger partial charge on any atom is 0.0985 e. The predicted octanol–water partition coefficient (Wildman–Crippen LogP) is 4.10. The fourth-order valence-electron chi connectivity index (χ4n) is 1.23. The molecule has 0 saturated carbocycles. The summed E-state index contributed by atoms with van der Waals surface area (Å²) in [4.78, 5) is 0. The lowest BCUT2D eigenvalue weighted by Crippen LogP contribution is -1.80. The molecule has 1 rings (SSSR count). The van der Waals surface area contributed by atoms with E-state index >= 15 is 0 Å². The molecule has 0 aliphatic heterocycles. The lowest BCUT2D eigenvalue weighted by atomic mass is 10.0. The SMILES string of the molecule is C=C(C#N)/C=C\C(=C/C)c1cscc1C. The van der Waals surface area contributed by atoms with Crippen molar-refractivity contribution in [3.63, 3.8) is 0 Å². The summed E-state index contributed by atoms with van der Waals surface area (Å²) in [6, 6.07) is 2.00. The minimum Gasteiger partial charge on any atom is -0.192 e. The molecule has 0 fully saturated rings. The number of thiophene rings is 1. The van der Waals surface area contributed by atoms with Crippen molar-refractivity contribution in [3.8, 4) is 6.07 Å². The van der Waals surface area contributed by atoms with E-state index in [9.17, 15) is 0 Å². The lowest BCUT2D eigenvalue weighted by molar-refractivity contribution is 1.49. The Labute approximate surface area is 94.7 Å². The van der Waals surface area contributed by atoms with E-state index in [2.05, 4.69) is 24.3 Å². The third kappa shape index (κ3) is 2.93. The minimum atomic E-state index is 0.474. The van der Waals surface area contributed by atoms with Crippen molar-refractivity contribution in [2.75, 3.05) is 0 Å². The van der Waals surface area contributed by atoms with Gasteiger partial charge in [-0.05, 0) is 47.4 Å².